The van der Waals surface area contributed by atoms with E-state index >= 15 is 0 Å². The van der Waals surface area contributed by atoms with E-state index in [9.17, 15) is 50.8 Å². The van der Waals surface area contributed by atoms with E-state index in [1.54, 1.807) is 24.3 Å². The quantitative estimate of drug-likeness (QED) is 0.115. The third-order valence-electron chi connectivity index (χ3n) is 9.39. The van der Waals surface area contributed by atoms with Crippen molar-refractivity contribution in [3.63, 3.8) is 0 Å². The molecule has 18 nitrogen and oxygen atoms in total. The minimum atomic E-state index is -1.88. The summed E-state index contributed by atoms with van der Waals surface area (Å²) in [5.41, 5.74) is -0.151. The Bertz CT molecular complexity index is 1730. The smallest absolute Gasteiger partial charge is 0.229 e. The number of aliphatic hydroxyl groups is 8. The van der Waals surface area contributed by atoms with Gasteiger partial charge >= 0.3 is 0 Å². The average Bonchev–Trinajstić information content (AvgIpc) is 3.12. The van der Waals surface area contributed by atoms with Crippen LogP contribution in [0, 0.1) is 0 Å². The summed E-state index contributed by atoms with van der Waals surface area (Å²) in [4.78, 5) is 13.1. The van der Waals surface area contributed by atoms with Gasteiger partial charge in [-0.3, -0.25) is 4.79 Å². The maximum Gasteiger partial charge on any atom is 0.229 e. The van der Waals surface area contributed by atoms with Gasteiger partial charge in [0.15, 0.2) is 24.1 Å². The highest BCUT2D eigenvalue weighted by Gasteiger charge is 2.52. The average molecular weight is 739 g/mol. The van der Waals surface area contributed by atoms with Gasteiger partial charge in [-0.05, 0) is 38.1 Å². The fraction of sp³-hybridized carbons (Fsp3) is 0.559. The van der Waals surface area contributed by atoms with E-state index in [1.165, 1.54) is 33.1 Å². The highest BCUT2D eigenvalue weighted by molar-refractivity contribution is 5.86. The summed E-state index contributed by atoms with van der Waals surface area (Å²) in [6.45, 7) is 2.28. The van der Waals surface area contributed by atoms with Crippen LogP contribution in [-0.4, -0.2) is 152 Å². The zero-order chi connectivity index (χ0) is 37.6. The lowest BCUT2D eigenvalue weighted by molar-refractivity contribution is -0.360. The molecule has 6 rings (SSSR count). The molecule has 6 unspecified atom stereocenters. The maximum atomic E-state index is 13.1. The minimum absolute atomic E-state index is 0.0997. The standard InChI is InChI=1S/C34H42O18/c1-12-23(37)26(40)29(43)32(47-12)46-11-21-25(39)28(42)31(52-33-30(44)27(41)24(38)13(2)48-33)34(51-21)49-16-8-17(35)22-18(36)10-19(50-20(22)9-16)14-4-6-15(45-3)7-5-14/h4-10,12-13,21,23-35,37-44H,11H2,1-3H3/t12?,13?,21?,23-,24-,25+,26?,27?,28-,29-,30-,31?,32+,33-,34+/m0/s1. The van der Waals surface area contributed by atoms with E-state index in [0.717, 1.165) is 6.07 Å². The number of hydrogen-bond acceptors (Lipinski definition) is 18. The van der Waals surface area contributed by atoms with Crippen LogP contribution in [0.5, 0.6) is 17.2 Å². The first-order chi connectivity index (χ1) is 24.7. The van der Waals surface area contributed by atoms with Gasteiger partial charge in [-0.15, -0.1) is 0 Å². The third-order valence-corrected chi connectivity index (χ3v) is 9.39. The molecule has 0 aliphatic carbocycles. The van der Waals surface area contributed by atoms with Gasteiger partial charge in [0.05, 0.1) is 25.9 Å². The van der Waals surface area contributed by atoms with Crippen molar-refractivity contribution in [3.05, 3.63) is 52.7 Å². The second-order valence-corrected chi connectivity index (χ2v) is 13.0. The van der Waals surface area contributed by atoms with E-state index in [-0.39, 0.29) is 22.5 Å². The number of rotatable bonds is 9. The van der Waals surface area contributed by atoms with Crippen molar-refractivity contribution in [2.75, 3.05) is 13.7 Å². The fourth-order valence-corrected chi connectivity index (χ4v) is 6.25. The van der Waals surface area contributed by atoms with E-state index < -0.39 is 110 Å². The molecule has 3 aromatic rings. The molecule has 4 heterocycles. The predicted molar refractivity (Wildman–Crippen MR) is 173 cm³/mol. The van der Waals surface area contributed by atoms with Gasteiger partial charge in [-0.25, -0.2) is 0 Å². The Morgan fingerprint density at radius 2 is 1.29 bits per heavy atom. The van der Waals surface area contributed by atoms with Gasteiger partial charge in [0, 0.05) is 23.8 Å². The number of benzene rings is 2. The number of hydrogen-bond donors (Lipinski definition) is 9. The summed E-state index contributed by atoms with van der Waals surface area (Å²) in [5, 5.41) is 94.8. The van der Waals surface area contributed by atoms with Crippen molar-refractivity contribution < 1.29 is 83.5 Å². The van der Waals surface area contributed by atoms with Crippen molar-refractivity contribution >= 4 is 11.0 Å². The Labute approximate surface area is 295 Å². The molecule has 3 aliphatic heterocycles. The fourth-order valence-electron chi connectivity index (χ4n) is 6.25. The van der Waals surface area contributed by atoms with E-state index in [2.05, 4.69) is 0 Å². The van der Waals surface area contributed by atoms with Crippen LogP contribution in [-0.2, 0) is 23.7 Å². The van der Waals surface area contributed by atoms with Gasteiger partial charge in [0.2, 0.25) is 6.29 Å². The lowest BCUT2D eigenvalue weighted by Crippen LogP contribution is -2.65. The molecule has 9 N–H and O–H groups in total. The number of methoxy groups -OCH3 is 1. The molecule has 0 saturated carbocycles. The lowest BCUT2D eigenvalue weighted by atomic mass is 9.97. The second-order valence-electron chi connectivity index (χ2n) is 13.0. The second kappa shape index (κ2) is 15.5. The van der Waals surface area contributed by atoms with Crippen LogP contribution >= 0.6 is 0 Å². The summed E-state index contributed by atoms with van der Waals surface area (Å²) in [6.07, 6.45) is -23.3. The molecule has 18 heteroatoms. The first-order valence-corrected chi connectivity index (χ1v) is 16.5. The molecule has 0 amide bonds. The van der Waals surface area contributed by atoms with Crippen molar-refractivity contribution in [1.82, 2.24) is 0 Å². The van der Waals surface area contributed by atoms with Gasteiger partial charge in [-0.1, -0.05) is 0 Å². The molecule has 3 saturated heterocycles. The number of phenolic OH excluding ortho intramolecular Hbond substituents is 1. The maximum absolute atomic E-state index is 13.1. The van der Waals surface area contributed by atoms with Crippen LogP contribution in [0.15, 0.2) is 51.7 Å². The zero-order valence-corrected chi connectivity index (χ0v) is 28.1. The number of aromatic hydroxyl groups is 1. The van der Waals surface area contributed by atoms with E-state index in [0.29, 0.717) is 11.3 Å². The van der Waals surface area contributed by atoms with Gasteiger partial charge in [0.25, 0.3) is 0 Å². The molecule has 3 aliphatic rings. The topological polar surface area (TPSA) is 277 Å². The summed E-state index contributed by atoms with van der Waals surface area (Å²) < 4.78 is 45.5. The largest absolute Gasteiger partial charge is 0.507 e. The van der Waals surface area contributed by atoms with E-state index in [1.807, 2.05) is 0 Å². The van der Waals surface area contributed by atoms with E-state index in [4.69, 9.17) is 37.6 Å². The van der Waals surface area contributed by atoms with Crippen LogP contribution in [0.3, 0.4) is 0 Å². The molecular formula is C34H42O18. The zero-order valence-electron chi connectivity index (χ0n) is 28.1. The van der Waals surface area contributed by atoms with Crippen molar-refractivity contribution in [3.8, 4) is 28.6 Å². The molecule has 2 aromatic carbocycles. The van der Waals surface area contributed by atoms with Crippen molar-refractivity contribution in [2.45, 2.75) is 106 Å². The summed E-state index contributed by atoms with van der Waals surface area (Å²) in [6, 6.07) is 10.2. The number of phenols is 1. The summed E-state index contributed by atoms with van der Waals surface area (Å²) >= 11 is 0. The molecule has 286 valence electrons. The Kier molecular flexibility index (Phi) is 11.4. The van der Waals surface area contributed by atoms with Gasteiger partial charge in [-0.2, -0.15) is 0 Å². The highest BCUT2D eigenvalue weighted by Crippen LogP contribution is 2.35. The first kappa shape index (κ1) is 38.3. The number of fused-ring (bicyclic) bond motifs is 1. The van der Waals surface area contributed by atoms with Gasteiger partial charge < -0.3 is 83.5 Å². The Balaban J connectivity index is 1.30. The molecule has 1 aromatic heterocycles. The number of aliphatic hydroxyl groups excluding tert-OH is 8. The molecule has 15 atom stereocenters. The van der Waals surface area contributed by atoms with Crippen LogP contribution in [0.1, 0.15) is 13.8 Å². The molecule has 0 radical (unpaired) electrons. The lowest BCUT2D eigenvalue weighted by Gasteiger charge is -2.46. The van der Waals surface area contributed by atoms with Crippen LogP contribution in [0.4, 0.5) is 0 Å². The third kappa shape index (κ3) is 7.48. The predicted octanol–water partition coefficient (Wildman–Crippen LogP) is -1.94. The van der Waals surface area contributed by atoms with Crippen LogP contribution in [0.2, 0.25) is 0 Å². The molecule has 0 spiro atoms. The Hall–Kier alpha value is -3.47. The summed E-state index contributed by atoms with van der Waals surface area (Å²) in [7, 11) is 1.50. The monoisotopic (exact) mass is 738 g/mol. The molecule has 52 heavy (non-hydrogen) atoms. The minimum Gasteiger partial charge on any atom is -0.507 e. The molecule has 3 fully saturated rings. The number of ether oxygens (including phenoxy) is 7. The molecule has 0 bridgehead atoms. The van der Waals surface area contributed by atoms with Crippen molar-refractivity contribution in [2.24, 2.45) is 0 Å². The summed E-state index contributed by atoms with van der Waals surface area (Å²) in [5.74, 6) is 0.0134. The van der Waals surface area contributed by atoms with Crippen LogP contribution < -0.4 is 14.9 Å². The normalized spacial score (nSPS) is 38.2. The first-order valence-electron chi connectivity index (χ1n) is 16.5. The van der Waals surface area contributed by atoms with Crippen molar-refractivity contribution in [1.29, 1.82) is 0 Å². The van der Waals surface area contributed by atoms with Gasteiger partial charge in [0.1, 0.15) is 88.9 Å². The molecular weight excluding hydrogens is 696 g/mol. The van der Waals surface area contributed by atoms with Crippen LogP contribution in [0.25, 0.3) is 22.3 Å². The Morgan fingerprint density at radius 1 is 0.673 bits per heavy atom. The SMILES string of the molecule is COc1ccc(-c2cc(=O)c3c(O)cc(O[C@@H]4OC(CO[C@@H]5OC(C)[C@H](O)C(O)[C@@H]5O)[C@@H](O)[C@H](O)C4O[C@@H]4OC(C)[C@H](O)C(O)[C@@H]4O)cc3o2)cc1. The Morgan fingerprint density at radius 3 is 1.92 bits per heavy atom. The highest BCUT2D eigenvalue weighted by atomic mass is 16.8.